The molecule has 0 saturated heterocycles. The zero-order valence-corrected chi connectivity index (χ0v) is 17.8. The standard InChI is InChI=1S/C24H32N2O3/c1-4-25(5-2)17-20-8-12-23-21(16-20)18-26(14-15-29-23)24(27)13-9-19-6-10-22(28-3)11-7-19/h6-8,10-12,16H,4-5,9,13-15,17-18H2,1-3H3. The molecule has 1 amide bonds. The van der Waals surface area contributed by atoms with Crippen molar-refractivity contribution >= 4 is 5.91 Å². The third-order valence-electron chi connectivity index (χ3n) is 5.54. The molecular weight excluding hydrogens is 364 g/mol. The van der Waals surface area contributed by atoms with Crippen LogP contribution in [0, 0.1) is 0 Å². The fourth-order valence-corrected chi connectivity index (χ4v) is 3.67. The van der Waals surface area contributed by atoms with E-state index in [4.69, 9.17) is 9.47 Å². The maximum absolute atomic E-state index is 12.8. The molecule has 5 heteroatoms. The van der Waals surface area contributed by atoms with E-state index in [1.165, 1.54) is 5.56 Å². The highest BCUT2D eigenvalue weighted by Crippen LogP contribution is 2.25. The van der Waals surface area contributed by atoms with Gasteiger partial charge in [0, 0.05) is 25.1 Å². The van der Waals surface area contributed by atoms with Crippen LogP contribution >= 0.6 is 0 Å². The molecule has 1 heterocycles. The summed E-state index contributed by atoms with van der Waals surface area (Å²) in [5, 5.41) is 0. The summed E-state index contributed by atoms with van der Waals surface area (Å²) in [6.45, 7) is 9.12. The van der Waals surface area contributed by atoms with Gasteiger partial charge in [0.25, 0.3) is 0 Å². The summed E-state index contributed by atoms with van der Waals surface area (Å²) >= 11 is 0. The first-order chi connectivity index (χ1) is 14.1. The highest BCUT2D eigenvalue weighted by Gasteiger charge is 2.20. The Balaban J connectivity index is 1.63. The molecule has 0 unspecified atom stereocenters. The van der Waals surface area contributed by atoms with Gasteiger partial charge in [-0.05, 0) is 54.9 Å². The summed E-state index contributed by atoms with van der Waals surface area (Å²) in [6, 6.07) is 14.3. The minimum atomic E-state index is 0.173. The van der Waals surface area contributed by atoms with Crippen LogP contribution in [-0.4, -0.2) is 49.1 Å². The Labute approximate surface area is 174 Å². The van der Waals surface area contributed by atoms with Crippen LogP contribution in [0.4, 0.5) is 0 Å². The fourth-order valence-electron chi connectivity index (χ4n) is 3.67. The average Bonchev–Trinajstić information content (AvgIpc) is 2.98. The number of carbonyl (C=O) groups is 1. The lowest BCUT2D eigenvalue weighted by Gasteiger charge is -2.21. The van der Waals surface area contributed by atoms with Gasteiger partial charge in [-0.15, -0.1) is 0 Å². The number of nitrogens with zero attached hydrogens (tertiary/aromatic N) is 2. The van der Waals surface area contributed by atoms with Gasteiger partial charge in [0.15, 0.2) is 0 Å². The number of hydrogen-bond acceptors (Lipinski definition) is 4. The van der Waals surface area contributed by atoms with Crippen LogP contribution in [0.2, 0.25) is 0 Å². The summed E-state index contributed by atoms with van der Waals surface area (Å²) in [5.41, 5.74) is 3.51. The maximum atomic E-state index is 12.8. The van der Waals surface area contributed by atoms with E-state index in [-0.39, 0.29) is 5.91 Å². The van der Waals surface area contributed by atoms with Gasteiger partial charge >= 0.3 is 0 Å². The van der Waals surface area contributed by atoms with Gasteiger partial charge in [-0.2, -0.15) is 0 Å². The van der Waals surface area contributed by atoms with Crippen molar-refractivity contribution in [1.82, 2.24) is 9.80 Å². The van der Waals surface area contributed by atoms with Crippen LogP contribution in [0.1, 0.15) is 37.0 Å². The molecule has 29 heavy (non-hydrogen) atoms. The molecule has 0 N–H and O–H groups in total. The monoisotopic (exact) mass is 396 g/mol. The highest BCUT2D eigenvalue weighted by atomic mass is 16.5. The number of fused-ring (bicyclic) bond motifs is 1. The number of aryl methyl sites for hydroxylation is 1. The molecule has 2 aromatic carbocycles. The normalized spacial score (nSPS) is 13.6. The van der Waals surface area contributed by atoms with Gasteiger partial charge in [-0.25, -0.2) is 0 Å². The Hall–Kier alpha value is -2.53. The van der Waals surface area contributed by atoms with E-state index in [0.717, 1.165) is 48.7 Å². The predicted octanol–water partition coefficient (Wildman–Crippen LogP) is 3.89. The molecule has 0 radical (unpaired) electrons. The minimum absolute atomic E-state index is 0.173. The van der Waals surface area contributed by atoms with Crippen LogP contribution in [0.5, 0.6) is 11.5 Å². The zero-order valence-electron chi connectivity index (χ0n) is 17.8. The van der Waals surface area contributed by atoms with Gasteiger partial charge in [-0.3, -0.25) is 9.69 Å². The number of hydrogen-bond donors (Lipinski definition) is 0. The second-order valence-electron chi connectivity index (χ2n) is 7.42. The average molecular weight is 397 g/mol. The lowest BCUT2D eigenvalue weighted by molar-refractivity contribution is -0.131. The van der Waals surface area contributed by atoms with Crippen molar-refractivity contribution in [1.29, 1.82) is 0 Å². The van der Waals surface area contributed by atoms with Crippen LogP contribution < -0.4 is 9.47 Å². The summed E-state index contributed by atoms with van der Waals surface area (Å²) < 4.78 is 11.1. The maximum Gasteiger partial charge on any atom is 0.223 e. The third-order valence-corrected chi connectivity index (χ3v) is 5.54. The summed E-state index contributed by atoms with van der Waals surface area (Å²) in [5.74, 6) is 1.91. The van der Waals surface area contributed by atoms with Gasteiger partial charge in [0.1, 0.15) is 18.1 Å². The van der Waals surface area contributed by atoms with Crippen LogP contribution in [0.3, 0.4) is 0 Å². The molecule has 0 fully saturated rings. The Bertz CT molecular complexity index is 800. The summed E-state index contributed by atoms with van der Waals surface area (Å²) in [6.07, 6.45) is 1.23. The smallest absolute Gasteiger partial charge is 0.223 e. The van der Waals surface area contributed by atoms with E-state index in [1.807, 2.05) is 29.2 Å². The third kappa shape index (κ3) is 5.73. The van der Waals surface area contributed by atoms with E-state index >= 15 is 0 Å². The van der Waals surface area contributed by atoms with E-state index in [9.17, 15) is 4.79 Å². The SMILES string of the molecule is CCN(CC)Cc1ccc2c(c1)CN(C(=O)CCc1ccc(OC)cc1)CCO2. The Morgan fingerprint density at radius 2 is 1.83 bits per heavy atom. The Morgan fingerprint density at radius 1 is 1.10 bits per heavy atom. The number of benzene rings is 2. The first kappa shape index (κ1) is 21.2. The van der Waals surface area contributed by atoms with E-state index < -0.39 is 0 Å². The molecule has 2 aromatic rings. The van der Waals surface area contributed by atoms with E-state index in [0.29, 0.717) is 26.1 Å². The predicted molar refractivity (Wildman–Crippen MR) is 115 cm³/mol. The van der Waals surface area contributed by atoms with Crippen molar-refractivity contribution < 1.29 is 14.3 Å². The number of methoxy groups -OCH3 is 1. The zero-order chi connectivity index (χ0) is 20.6. The van der Waals surface area contributed by atoms with Crippen LogP contribution in [0.25, 0.3) is 0 Å². The molecular formula is C24H32N2O3. The van der Waals surface area contributed by atoms with Crippen molar-refractivity contribution in [3.05, 3.63) is 59.2 Å². The molecule has 156 valence electrons. The van der Waals surface area contributed by atoms with E-state index in [2.05, 4.69) is 36.9 Å². The largest absolute Gasteiger partial charge is 0.497 e. The molecule has 0 spiro atoms. The Morgan fingerprint density at radius 3 is 2.52 bits per heavy atom. The molecule has 1 aliphatic heterocycles. The molecule has 0 aromatic heterocycles. The molecule has 0 bridgehead atoms. The van der Waals surface area contributed by atoms with Gasteiger partial charge in [0.05, 0.1) is 13.7 Å². The van der Waals surface area contributed by atoms with Crippen molar-refractivity contribution in [2.24, 2.45) is 0 Å². The van der Waals surface area contributed by atoms with Crippen molar-refractivity contribution in [3.63, 3.8) is 0 Å². The quantitative estimate of drug-likeness (QED) is 0.679. The highest BCUT2D eigenvalue weighted by molar-refractivity contribution is 5.76. The number of ether oxygens (including phenoxy) is 2. The topological polar surface area (TPSA) is 42.0 Å². The number of amides is 1. The number of rotatable bonds is 8. The van der Waals surface area contributed by atoms with Crippen molar-refractivity contribution in [3.8, 4) is 11.5 Å². The summed E-state index contributed by atoms with van der Waals surface area (Å²) in [4.78, 5) is 17.2. The van der Waals surface area contributed by atoms with Gasteiger partial charge < -0.3 is 14.4 Å². The number of carbonyl (C=O) groups excluding carboxylic acids is 1. The van der Waals surface area contributed by atoms with Gasteiger partial charge in [0.2, 0.25) is 5.91 Å². The fraction of sp³-hybridized carbons (Fsp3) is 0.458. The second-order valence-corrected chi connectivity index (χ2v) is 7.42. The Kier molecular flexibility index (Phi) is 7.53. The molecule has 1 aliphatic rings. The van der Waals surface area contributed by atoms with Gasteiger partial charge in [-0.1, -0.05) is 32.0 Å². The van der Waals surface area contributed by atoms with Crippen molar-refractivity contribution in [2.45, 2.75) is 39.8 Å². The molecule has 5 nitrogen and oxygen atoms in total. The van der Waals surface area contributed by atoms with Crippen LogP contribution in [0.15, 0.2) is 42.5 Å². The van der Waals surface area contributed by atoms with Crippen LogP contribution in [-0.2, 0) is 24.3 Å². The van der Waals surface area contributed by atoms with E-state index in [1.54, 1.807) is 7.11 Å². The first-order valence-corrected chi connectivity index (χ1v) is 10.5. The molecule has 3 rings (SSSR count). The lowest BCUT2D eigenvalue weighted by Crippen LogP contribution is -2.32. The minimum Gasteiger partial charge on any atom is -0.497 e. The van der Waals surface area contributed by atoms with Crippen molar-refractivity contribution in [2.75, 3.05) is 33.4 Å². The molecule has 0 saturated carbocycles. The summed E-state index contributed by atoms with van der Waals surface area (Å²) in [7, 11) is 1.66. The first-order valence-electron chi connectivity index (χ1n) is 10.5. The molecule has 0 atom stereocenters. The molecule has 0 aliphatic carbocycles. The second kappa shape index (κ2) is 10.3. The lowest BCUT2D eigenvalue weighted by atomic mass is 10.1.